The summed E-state index contributed by atoms with van der Waals surface area (Å²) in [6.07, 6.45) is -0.251. The first kappa shape index (κ1) is 18.9. The molecule has 0 aromatic carbocycles. The van der Waals surface area contributed by atoms with Crippen molar-refractivity contribution < 1.29 is 37.0 Å². The van der Waals surface area contributed by atoms with Crippen molar-refractivity contribution in [3.8, 4) is 0 Å². The average molecular weight is 375 g/mol. The second-order valence-corrected chi connectivity index (χ2v) is 6.96. The molecule has 5 atom stereocenters. The van der Waals surface area contributed by atoms with Crippen molar-refractivity contribution in [3.63, 3.8) is 0 Å². The number of esters is 1. The van der Waals surface area contributed by atoms with Gasteiger partial charge in [0.1, 0.15) is 13.2 Å². The fraction of sp³-hybridized carbons (Fsp3) is 0.706. The van der Waals surface area contributed by atoms with Gasteiger partial charge < -0.3 is 9.47 Å². The number of nitrogens with zero attached hydrogens (tertiary/aromatic N) is 1. The fourth-order valence-electron chi connectivity index (χ4n) is 3.84. The molecule has 2 fully saturated rings. The number of carbonyl (C=O) groups is 3. The van der Waals surface area contributed by atoms with Gasteiger partial charge in [0.2, 0.25) is 11.8 Å². The summed E-state index contributed by atoms with van der Waals surface area (Å²) in [6.45, 7) is 0.666. The third-order valence-electron chi connectivity index (χ3n) is 5.11. The second-order valence-electron chi connectivity index (χ2n) is 6.96. The van der Waals surface area contributed by atoms with Crippen molar-refractivity contribution in [1.82, 2.24) is 4.90 Å². The van der Waals surface area contributed by atoms with E-state index < -0.39 is 54.2 Å². The number of amides is 2. The normalized spacial score (nSPS) is 34.3. The Balaban J connectivity index is 1.75. The molecule has 6 nitrogen and oxygen atoms in total. The summed E-state index contributed by atoms with van der Waals surface area (Å²) in [4.78, 5) is 37.5. The summed E-state index contributed by atoms with van der Waals surface area (Å²) in [5.41, 5.74) is 0. The number of allylic oxidation sites excluding steroid dienone is 1. The first-order valence-corrected chi connectivity index (χ1v) is 8.57. The minimum absolute atomic E-state index is 0.0392. The predicted octanol–water partition coefficient (Wildman–Crippen LogP) is 1.69. The zero-order valence-corrected chi connectivity index (χ0v) is 14.2. The van der Waals surface area contributed by atoms with Crippen LogP contribution in [0, 0.1) is 23.7 Å². The molecule has 0 saturated carbocycles. The Kier molecular flexibility index (Phi) is 5.09. The van der Waals surface area contributed by atoms with E-state index in [2.05, 4.69) is 0 Å². The maximum Gasteiger partial charge on any atom is 0.406 e. The predicted molar refractivity (Wildman–Crippen MR) is 81.5 cm³/mol. The zero-order chi connectivity index (χ0) is 19.1. The zero-order valence-electron chi connectivity index (χ0n) is 14.2. The number of likely N-dealkylation sites (tertiary alicyclic amines) is 1. The number of rotatable bonds is 4. The van der Waals surface area contributed by atoms with Gasteiger partial charge in [0, 0.05) is 6.61 Å². The highest BCUT2D eigenvalue weighted by atomic mass is 19.4. The Bertz CT molecular complexity index is 626. The number of halogens is 3. The summed E-state index contributed by atoms with van der Waals surface area (Å²) < 4.78 is 48.7. The van der Waals surface area contributed by atoms with E-state index in [1.54, 1.807) is 13.0 Å². The van der Waals surface area contributed by atoms with Gasteiger partial charge in [0.15, 0.2) is 0 Å². The van der Waals surface area contributed by atoms with Crippen LogP contribution < -0.4 is 0 Å². The number of fused-ring (bicyclic) bond motifs is 1. The molecule has 3 rings (SSSR count). The monoisotopic (exact) mass is 375 g/mol. The van der Waals surface area contributed by atoms with Crippen LogP contribution in [0.1, 0.15) is 19.8 Å². The van der Waals surface area contributed by atoms with Gasteiger partial charge in [-0.15, -0.1) is 0 Å². The molecule has 2 amide bonds. The number of imide groups is 1. The molecule has 0 N–H and O–H groups in total. The summed E-state index contributed by atoms with van der Waals surface area (Å²) in [6, 6.07) is 0. The van der Waals surface area contributed by atoms with E-state index in [0.717, 1.165) is 12.8 Å². The highest BCUT2D eigenvalue weighted by Crippen LogP contribution is 2.42. The Morgan fingerprint density at radius 3 is 2.65 bits per heavy atom. The van der Waals surface area contributed by atoms with Gasteiger partial charge in [-0.05, 0) is 18.8 Å². The van der Waals surface area contributed by atoms with Crippen LogP contribution >= 0.6 is 0 Å². The van der Waals surface area contributed by atoms with Gasteiger partial charge in [-0.1, -0.05) is 19.1 Å². The standard InChI is InChI=1S/C17H20F3NO5/c1-9-4-5-11-13(15(23)21(14(11)22)8-17(18,19)20)12(9)16(24)26-7-10-3-2-6-25-10/h4-5,9-13H,2-3,6-8H2,1H3/t9-,10-,11+,12-,13+/m1/s1. The van der Waals surface area contributed by atoms with E-state index in [1.165, 1.54) is 6.08 Å². The Morgan fingerprint density at radius 2 is 2.04 bits per heavy atom. The van der Waals surface area contributed by atoms with E-state index >= 15 is 0 Å². The van der Waals surface area contributed by atoms with Crippen LogP contribution in [0.4, 0.5) is 13.2 Å². The lowest BCUT2D eigenvalue weighted by Gasteiger charge is -2.30. The van der Waals surface area contributed by atoms with Gasteiger partial charge in [0.05, 0.1) is 23.9 Å². The molecule has 2 aliphatic heterocycles. The molecule has 3 aliphatic rings. The van der Waals surface area contributed by atoms with Crippen LogP contribution in [0.3, 0.4) is 0 Å². The molecule has 26 heavy (non-hydrogen) atoms. The molecule has 0 aromatic rings. The van der Waals surface area contributed by atoms with Crippen molar-refractivity contribution in [3.05, 3.63) is 12.2 Å². The lowest BCUT2D eigenvalue weighted by atomic mass is 9.72. The molecule has 9 heteroatoms. The molecule has 144 valence electrons. The van der Waals surface area contributed by atoms with Crippen molar-refractivity contribution in [2.75, 3.05) is 19.8 Å². The maximum absolute atomic E-state index is 12.7. The largest absolute Gasteiger partial charge is 0.463 e. The second kappa shape index (κ2) is 7.02. The van der Waals surface area contributed by atoms with Crippen molar-refractivity contribution in [2.24, 2.45) is 23.7 Å². The molecule has 0 bridgehead atoms. The third kappa shape index (κ3) is 3.62. The van der Waals surface area contributed by atoms with Crippen molar-refractivity contribution >= 4 is 17.8 Å². The molecule has 0 radical (unpaired) electrons. The van der Waals surface area contributed by atoms with Crippen LogP contribution in [0.25, 0.3) is 0 Å². The minimum atomic E-state index is -4.69. The fourth-order valence-corrected chi connectivity index (χ4v) is 3.84. The van der Waals surface area contributed by atoms with Crippen LogP contribution in [0.15, 0.2) is 12.2 Å². The summed E-state index contributed by atoms with van der Waals surface area (Å²) >= 11 is 0. The van der Waals surface area contributed by atoms with Crippen LogP contribution in [-0.4, -0.2) is 54.7 Å². The molecule has 1 aliphatic carbocycles. The number of ether oxygens (including phenoxy) is 2. The minimum Gasteiger partial charge on any atom is -0.463 e. The summed E-state index contributed by atoms with van der Waals surface area (Å²) in [5.74, 6) is -6.17. The van der Waals surface area contributed by atoms with Gasteiger partial charge in [-0.25, -0.2) is 0 Å². The van der Waals surface area contributed by atoms with Gasteiger partial charge in [-0.3, -0.25) is 19.3 Å². The number of carbonyl (C=O) groups excluding carboxylic acids is 3. The smallest absolute Gasteiger partial charge is 0.406 e. The van der Waals surface area contributed by atoms with E-state index in [-0.39, 0.29) is 17.6 Å². The molecule has 0 aromatic heterocycles. The van der Waals surface area contributed by atoms with Gasteiger partial charge in [-0.2, -0.15) is 13.2 Å². The average Bonchev–Trinajstić information content (AvgIpc) is 3.15. The molecular weight excluding hydrogens is 355 g/mol. The Morgan fingerprint density at radius 1 is 1.31 bits per heavy atom. The lowest BCUT2D eigenvalue weighted by molar-refractivity contribution is -0.168. The molecule has 2 saturated heterocycles. The van der Waals surface area contributed by atoms with Crippen LogP contribution in [-0.2, 0) is 23.9 Å². The molecule has 0 unspecified atom stereocenters. The molecule has 2 heterocycles. The summed E-state index contributed by atoms with van der Waals surface area (Å²) in [7, 11) is 0. The van der Waals surface area contributed by atoms with Crippen LogP contribution in [0.5, 0.6) is 0 Å². The van der Waals surface area contributed by atoms with E-state index in [1.807, 2.05) is 0 Å². The highest BCUT2D eigenvalue weighted by molar-refractivity contribution is 6.07. The number of hydrogen-bond acceptors (Lipinski definition) is 5. The topological polar surface area (TPSA) is 72.9 Å². The first-order valence-electron chi connectivity index (χ1n) is 8.57. The third-order valence-corrected chi connectivity index (χ3v) is 5.11. The SMILES string of the molecule is C[C@@H]1C=C[C@@H]2C(=O)N(CC(F)(F)F)C(=O)[C@@H]2[C@@H]1C(=O)OC[C@H]1CCCO1. The van der Waals surface area contributed by atoms with E-state index in [4.69, 9.17) is 9.47 Å². The summed E-state index contributed by atoms with van der Waals surface area (Å²) in [5, 5.41) is 0. The lowest BCUT2D eigenvalue weighted by Crippen LogP contribution is -2.42. The van der Waals surface area contributed by atoms with Crippen LogP contribution in [0.2, 0.25) is 0 Å². The van der Waals surface area contributed by atoms with Gasteiger partial charge in [0.25, 0.3) is 0 Å². The number of alkyl halides is 3. The molecule has 0 spiro atoms. The maximum atomic E-state index is 12.7. The first-order chi connectivity index (χ1) is 12.2. The van der Waals surface area contributed by atoms with Gasteiger partial charge >= 0.3 is 12.1 Å². The van der Waals surface area contributed by atoms with E-state index in [0.29, 0.717) is 6.61 Å². The quantitative estimate of drug-likeness (QED) is 0.425. The van der Waals surface area contributed by atoms with Crippen molar-refractivity contribution in [2.45, 2.75) is 32.0 Å². The molecular formula is C17H20F3NO5. The number of hydrogen-bond donors (Lipinski definition) is 0. The van der Waals surface area contributed by atoms with Crippen molar-refractivity contribution in [1.29, 1.82) is 0 Å². The van der Waals surface area contributed by atoms with E-state index in [9.17, 15) is 27.6 Å². The Hall–Kier alpha value is -1.90. The Labute approximate surface area is 148 Å². The highest BCUT2D eigenvalue weighted by Gasteiger charge is 2.56.